The van der Waals surface area contributed by atoms with Crippen LogP contribution in [0.4, 0.5) is 0 Å². The molecule has 0 bridgehead atoms. The van der Waals surface area contributed by atoms with Crippen LogP contribution in [-0.2, 0) is 18.6 Å². The third-order valence-electron chi connectivity index (χ3n) is 6.53. The second kappa shape index (κ2) is 27.8. The Morgan fingerprint density at radius 3 is 1.58 bits per heavy atom. The second-order valence-corrected chi connectivity index (χ2v) is 11.5. The highest BCUT2D eigenvalue weighted by atomic mass is 31.2. The predicted octanol–water partition coefficient (Wildman–Crippen LogP) is 8.55. The van der Waals surface area contributed by atoms with Crippen molar-refractivity contribution in [1.82, 2.24) is 4.90 Å². The quantitative estimate of drug-likeness (QED) is 0.0617. The van der Waals surface area contributed by atoms with Gasteiger partial charge in [-0.25, -0.2) is 0 Å². The zero-order chi connectivity index (χ0) is 26.7. The summed E-state index contributed by atoms with van der Waals surface area (Å²) in [5.41, 5.74) is 0. The van der Waals surface area contributed by atoms with Crippen molar-refractivity contribution >= 4 is 14.6 Å². The Morgan fingerprint density at radius 1 is 0.722 bits per heavy atom. The van der Waals surface area contributed by atoms with Crippen molar-refractivity contribution < 1.29 is 23.5 Å². The van der Waals surface area contributed by atoms with E-state index in [1.165, 1.54) is 110 Å². The van der Waals surface area contributed by atoms with E-state index in [9.17, 15) is 9.69 Å². The molecule has 0 aliphatic carbocycles. The topological polar surface area (TPSA) is 68.2 Å². The predicted molar refractivity (Wildman–Crippen MR) is 153 cm³/mol. The molecule has 0 fully saturated rings. The summed E-state index contributed by atoms with van der Waals surface area (Å²) in [6, 6.07) is 0. The molecule has 0 aromatic heterocycles. The smallest absolute Gasteiger partial charge is 0.329 e. The zero-order valence-corrected chi connectivity index (χ0v) is 25.2. The molecule has 2 atom stereocenters. The van der Waals surface area contributed by atoms with Crippen molar-refractivity contribution in [3.05, 3.63) is 0 Å². The van der Waals surface area contributed by atoms with Gasteiger partial charge in [-0.1, -0.05) is 116 Å². The number of rotatable bonds is 28. The average molecular weight is 534 g/mol. The van der Waals surface area contributed by atoms with Crippen molar-refractivity contribution in [2.45, 2.75) is 148 Å². The highest BCUT2D eigenvalue weighted by Gasteiger charge is 2.16. The molecule has 0 radical (unpaired) electrons. The minimum absolute atomic E-state index is 0.189. The van der Waals surface area contributed by atoms with Gasteiger partial charge in [0.1, 0.15) is 6.10 Å². The van der Waals surface area contributed by atoms with Crippen molar-refractivity contribution in [3.8, 4) is 0 Å². The van der Waals surface area contributed by atoms with Crippen LogP contribution >= 0.6 is 8.60 Å². The Morgan fingerprint density at radius 2 is 1.17 bits per heavy atom. The minimum Gasteiger partial charge on any atom is -0.460 e. The Kier molecular flexibility index (Phi) is 27.6. The van der Waals surface area contributed by atoms with E-state index in [4.69, 9.17) is 13.8 Å². The van der Waals surface area contributed by atoms with E-state index in [1.807, 2.05) is 14.1 Å². The normalized spacial score (nSPS) is 13.3. The van der Waals surface area contributed by atoms with Crippen LogP contribution in [-0.4, -0.2) is 55.7 Å². The fourth-order valence-electron chi connectivity index (χ4n) is 4.39. The maximum atomic E-state index is 11.4. The van der Waals surface area contributed by atoms with Crippen molar-refractivity contribution in [3.63, 3.8) is 0 Å². The molecule has 216 valence electrons. The molecule has 0 aliphatic rings. The Labute approximate surface area is 225 Å². The van der Waals surface area contributed by atoms with Crippen LogP contribution < -0.4 is 0 Å². The van der Waals surface area contributed by atoms with Gasteiger partial charge in [0.15, 0.2) is 0 Å². The monoisotopic (exact) mass is 533 g/mol. The van der Waals surface area contributed by atoms with Crippen LogP contribution in [0.2, 0.25) is 0 Å². The van der Waals surface area contributed by atoms with E-state index in [0.717, 1.165) is 32.2 Å². The first kappa shape index (κ1) is 35.7. The van der Waals surface area contributed by atoms with Crippen LogP contribution in [0.5, 0.6) is 0 Å². The summed E-state index contributed by atoms with van der Waals surface area (Å²) < 4.78 is 16.1. The number of hydrogen-bond donors (Lipinski definition) is 1. The minimum atomic E-state index is -1.92. The molecule has 0 aromatic rings. The number of carbonyl (C=O) groups is 1. The molecule has 0 aromatic carbocycles. The third-order valence-corrected chi connectivity index (χ3v) is 7.31. The summed E-state index contributed by atoms with van der Waals surface area (Å²) in [4.78, 5) is 23.4. The van der Waals surface area contributed by atoms with E-state index >= 15 is 0 Å². The molecule has 0 rings (SSSR count). The Hall–Kier alpha value is -0.260. The van der Waals surface area contributed by atoms with Gasteiger partial charge in [0.25, 0.3) is 0 Å². The lowest BCUT2D eigenvalue weighted by atomic mass is 10.0. The van der Waals surface area contributed by atoms with E-state index in [0.29, 0.717) is 6.61 Å². The summed E-state index contributed by atoms with van der Waals surface area (Å²) in [5.74, 6) is -0.305. The number of nitrogens with zero attached hydrogens (tertiary/aromatic N) is 1. The maximum absolute atomic E-state index is 11.4. The molecule has 0 saturated carbocycles. The van der Waals surface area contributed by atoms with Crippen LogP contribution in [0.1, 0.15) is 142 Å². The lowest BCUT2D eigenvalue weighted by Crippen LogP contribution is -2.21. The Bertz CT molecular complexity index is 467. The largest absolute Gasteiger partial charge is 0.460 e. The van der Waals surface area contributed by atoms with Gasteiger partial charge in [0.2, 0.25) is 0 Å². The molecule has 6 nitrogen and oxygen atoms in total. The molecule has 0 spiro atoms. The standard InChI is InChI=1S/C29H60NO5P/c1-5-6-7-8-9-10-11-12-13-14-15-16-17-18-19-20-21-22-24-29(35-28(2)31)27-34-36(32)33-26-23-25-30(3)4/h29,32H,5-27H2,1-4H3. The molecule has 36 heavy (non-hydrogen) atoms. The first-order valence-electron chi connectivity index (χ1n) is 15.0. The van der Waals surface area contributed by atoms with Crippen LogP contribution in [0.15, 0.2) is 0 Å². The SMILES string of the molecule is CCCCCCCCCCCCCCCCCCCCC(COP(O)OCCCN(C)C)OC(C)=O. The first-order valence-corrected chi connectivity index (χ1v) is 16.2. The van der Waals surface area contributed by atoms with Crippen LogP contribution in [0.3, 0.4) is 0 Å². The number of hydrogen-bond acceptors (Lipinski definition) is 6. The van der Waals surface area contributed by atoms with Gasteiger partial charge in [-0.2, -0.15) is 0 Å². The van der Waals surface area contributed by atoms with E-state index < -0.39 is 8.60 Å². The summed E-state index contributed by atoms with van der Waals surface area (Å²) in [5, 5.41) is 0. The summed E-state index contributed by atoms with van der Waals surface area (Å²) in [7, 11) is 2.08. The molecular formula is C29H60NO5P. The summed E-state index contributed by atoms with van der Waals surface area (Å²) in [6.45, 7) is 5.25. The number of esters is 1. The fraction of sp³-hybridized carbons (Fsp3) is 0.966. The van der Waals surface area contributed by atoms with Gasteiger partial charge >= 0.3 is 14.6 Å². The number of unbranched alkanes of at least 4 members (excludes halogenated alkanes) is 17. The van der Waals surface area contributed by atoms with Crippen molar-refractivity contribution in [2.24, 2.45) is 0 Å². The van der Waals surface area contributed by atoms with Crippen molar-refractivity contribution in [2.75, 3.05) is 33.9 Å². The molecule has 0 saturated heterocycles. The second-order valence-electron chi connectivity index (χ2n) is 10.6. The highest BCUT2D eigenvalue weighted by Crippen LogP contribution is 2.33. The van der Waals surface area contributed by atoms with E-state index in [2.05, 4.69) is 11.8 Å². The lowest BCUT2D eigenvalue weighted by Gasteiger charge is -2.19. The third kappa shape index (κ3) is 28.3. The van der Waals surface area contributed by atoms with Gasteiger partial charge in [-0.15, -0.1) is 0 Å². The van der Waals surface area contributed by atoms with Gasteiger partial charge in [-0.3, -0.25) is 4.79 Å². The molecule has 0 amide bonds. The van der Waals surface area contributed by atoms with Crippen LogP contribution in [0, 0.1) is 0 Å². The average Bonchev–Trinajstić information content (AvgIpc) is 2.83. The highest BCUT2D eigenvalue weighted by molar-refractivity contribution is 7.40. The Balaban J connectivity index is 3.55. The molecule has 7 heteroatoms. The van der Waals surface area contributed by atoms with E-state index in [-0.39, 0.29) is 18.7 Å². The van der Waals surface area contributed by atoms with Crippen LogP contribution in [0.25, 0.3) is 0 Å². The number of carbonyl (C=O) groups excluding carboxylic acids is 1. The molecule has 0 heterocycles. The van der Waals surface area contributed by atoms with E-state index in [1.54, 1.807) is 0 Å². The van der Waals surface area contributed by atoms with Gasteiger partial charge in [0.05, 0.1) is 13.2 Å². The molecular weight excluding hydrogens is 473 g/mol. The number of ether oxygens (including phenoxy) is 1. The fourth-order valence-corrected chi connectivity index (χ4v) is 5.05. The zero-order valence-electron chi connectivity index (χ0n) is 24.3. The maximum Gasteiger partial charge on any atom is 0.329 e. The summed E-state index contributed by atoms with van der Waals surface area (Å²) in [6.07, 6.45) is 25.6. The first-order chi connectivity index (χ1) is 17.5. The lowest BCUT2D eigenvalue weighted by molar-refractivity contribution is -0.148. The molecule has 1 N–H and O–H groups in total. The van der Waals surface area contributed by atoms with Gasteiger partial charge < -0.3 is 23.6 Å². The summed E-state index contributed by atoms with van der Waals surface area (Å²) >= 11 is 0. The van der Waals surface area contributed by atoms with Gasteiger partial charge in [0, 0.05) is 6.92 Å². The molecule has 2 unspecified atom stereocenters. The molecule has 0 aliphatic heterocycles. The van der Waals surface area contributed by atoms with Gasteiger partial charge in [-0.05, 0) is 39.9 Å². The van der Waals surface area contributed by atoms with Crippen molar-refractivity contribution in [1.29, 1.82) is 0 Å².